The number of anilines is 1. The third-order valence-corrected chi connectivity index (χ3v) is 2.93. The summed E-state index contributed by atoms with van der Waals surface area (Å²) in [4.78, 5) is 5.14. The van der Waals surface area contributed by atoms with Crippen LogP contribution < -0.4 is 5.73 Å². The molecule has 1 heterocycles. The molecule has 66 valence electrons. The zero-order chi connectivity index (χ0) is 8.97. The summed E-state index contributed by atoms with van der Waals surface area (Å²) >= 11 is 1.84. The van der Waals surface area contributed by atoms with Crippen molar-refractivity contribution in [2.24, 2.45) is 0 Å². The number of rotatable bonds is 3. The second-order valence-corrected chi connectivity index (χ2v) is 4.26. The average molecular weight is 182 g/mol. The molecule has 1 aromatic heterocycles. The van der Waals surface area contributed by atoms with Gasteiger partial charge in [-0.1, -0.05) is 13.8 Å². The predicted molar refractivity (Wildman–Crippen MR) is 54.3 cm³/mol. The Balaban J connectivity index is 2.63. The number of hydrogen-bond donors (Lipinski definition) is 1. The molecule has 0 saturated carbocycles. The molecule has 0 saturated heterocycles. The fraction of sp³-hybridized carbons (Fsp3) is 0.444. The number of nitrogen functional groups attached to an aromatic ring is 1. The van der Waals surface area contributed by atoms with Crippen molar-refractivity contribution in [3.8, 4) is 0 Å². The highest BCUT2D eigenvalue weighted by atomic mass is 32.2. The number of hydrogen-bond acceptors (Lipinski definition) is 3. The molecule has 2 N–H and O–H groups in total. The molecule has 1 aromatic rings. The normalized spacial score (nSPS) is 12.8. The third-order valence-electron chi connectivity index (χ3n) is 1.66. The van der Waals surface area contributed by atoms with E-state index < -0.39 is 0 Å². The second-order valence-electron chi connectivity index (χ2n) is 2.75. The van der Waals surface area contributed by atoms with Crippen molar-refractivity contribution in [3.63, 3.8) is 0 Å². The summed E-state index contributed by atoms with van der Waals surface area (Å²) in [6.07, 6.45) is 2.92. The molecule has 0 spiro atoms. The monoisotopic (exact) mass is 182 g/mol. The van der Waals surface area contributed by atoms with Gasteiger partial charge in [-0.2, -0.15) is 0 Å². The lowest BCUT2D eigenvalue weighted by molar-refractivity contribution is 0.905. The highest BCUT2D eigenvalue weighted by Crippen LogP contribution is 2.25. The van der Waals surface area contributed by atoms with E-state index >= 15 is 0 Å². The van der Waals surface area contributed by atoms with Gasteiger partial charge in [-0.25, -0.2) is 4.98 Å². The maximum atomic E-state index is 5.55. The molecule has 0 radical (unpaired) electrons. The molecule has 0 aliphatic carbocycles. The fourth-order valence-electron chi connectivity index (χ4n) is 0.817. The highest BCUT2D eigenvalue weighted by Gasteiger charge is 2.01. The second kappa shape index (κ2) is 4.36. The zero-order valence-electron chi connectivity index (χ0n) is 7.45. The van der Waals surface area contributed by atoms with E-state index in [-0.39, 0.29) is 0 Å². The first kappa shape index (κ1) is 9.39. The van der Waals surface area contributed by atoms with Gasteiger partial charge in [-0.05, 0) is 18.6 Å². The maximum Gasteiger partial charge on any atom is 0.124 e. The molecular formula is C9H14N2S. The summed E-state index contributed by atoms with van der Waals surface area (Å²) in [5.41, 5.74) is 5.55. The minimum absolute atomic E-state index is 0.600. The van der Waals surface area contributed by atoms with Crippen molar-refractivity contribution in [3.05, 3.63) is 18.3 Å². The Bertz CT molecular complexity index is 250. The van der Waals surface area contributed by atoms with Gasteiger partial charge in [0.1, 0.15) is 5.82 Å². The van der Waals surface area contributed by atoms with Crippen LogP contribution in [0.5, 0.6) is 0 Å². The van der Waals surface area contributed by atoms with Crippen LogP contribution in [0.3, 0.4) is 0 Å². The van der Waals surface area contributed by atoms with Crippen LogP contribution in [0.1, 0.15) is 20.3 Å². The van der Waals surface area contributed by atoms with Crippen LogP contribution in [0.15, 0.2) is 23.2 Å². The number of nitrogens with zero attached hydrogens (tertiary/aromatic N) is 1. The lowest BCUT2D eigenvalue weighted by atomic mass is 10.4. The van der Waals surface area contributed by atoms with Gasteiger partial charge in [0.05, 0.1) is 0 Å². The summed E-state index contributed by atoms with van der Waals surface area (Å²) in [5, 5.41) is 0.645. The molecule has 1 atom stereocenters. The largest absolute Gasteiger partial charge is 0.384 e. The molecular weight excluding hydrogens is 168 g/mol. The Morgan fingerprint density at radius 2 is 2.42 bits per heavy atom. The lowest BCUT2D eigenvalue weighted by Gasteiger charge is -2.07. The molecule has 3 heteroatoms. The zero-order valence-corrected chi connectivity index (χ0v) is 8.27. The van der Waals surface area contributed by atoms with Gasteiger partial charge in [0, 0.05) is 16.3 Å². The van der Waals surface area contributed by atoms with Gasteiger partial charge in [-0.3, -0.25) is 0 Å². The standard InChI is InChI=1S/C9H14N2S/c1-3-7(2)12-8-4-5-11-9(10)6-8/h4-7H,3H2,1-2H3,(H2,10,11). The van der Waals surface area contributed by atoms with Gasteiger partial charge >= 0.3 is 0 Å². The van der Waals surface area contributed by atoms with Crippen molar-refractivity contribution in [1.82, 2.24) is 4.98 Å². The van der Waals surface area contributed by atoms with Crippen LogP contribution >= 0.6 is 11.8 Å². The summed E-state index contributed by atoms with van der Waals surface area (Å²) < 4.78 is 0. The minimum Gasteiger partial charge on any atom is -0.384 e. The van der Waals surface area contributed by atoms with E-state index in [9.17, 15) is 0 Å². The number of thioether (sulfide) groups is 1. The van der Waals surface area contributed by atoms with E-state index in [4.69, 9.17) is 5.73 Å². The van der Waals surface area contributed by atoms with Gasteiger partial charge in [-0.15, -0.1) is 11.8 Å². The summed E-state index contributed by atoms with van der Waals surface area (Å²) in [5.74, 6) is 0.600. The molecule has 2 nitrogen and oxygen atoms in total. The fourth-order valence-corrected chi connectivity index (χ4v) is 1.78. The lowest BCUT2D eigenvalue weighted by Crippen LogP contribution is -1.93. The SMILES string of the molecule is CCC(C)Sc1ccnc(N)c1. The minimum atomic E-state index is 0.600. The van der Waals surface area contributed by atoms with E-state index in [1.807, 2.05) is 23.9 Å². The number of aromatic nitrogens is 1. The van der Waals surface area contributed by atoms with Gasteiger partial charge < -0.3 is 5.73 Å². The molecule has 1 rings (SSSR count). The molecule has 1 unspecified atom stereocenters. The van der Waals surface area contributed by atoms with E-state index in [1.54, 1.807) is 6.20 Å². The van der Waals surface area contributed by atoms with Crippen molar-refractivity contribution < 1.29 is 0 Å². The van der Waals surface area contributed by atoms with Crippen molar-refractivity contribution >= 4 is 17.6 Å². The Hall–Kier alpha value is -0.700. The molecule has 0 aliphatic heterocycles. The van der Waals surface area contributed by atoms with Crippen molar-refractivity contribution in [2.75, 3.05) is 5.73 Å². The van der Waals surface area contributed by atoms with Crippen LogP contribution in [0.25, 0.3) is 0 Å². The predicted octanol–water partition coefficient (Wildman–Crippen LogP) is 2.55. The van der Waals surface area contributed by atoms with Crippen LogP contribution in [-0.2, 0) is 0 Å². The van der Waals surface area contributed by atoms with E-state index in [0.717, 1.165) is 0 Å². The molecule has 0 aliphatic rings. The maximum absolute atomic E-state index is 5.55. The molecule has 0 bridgehead atoms. The highest BCUT2D eigenvalue weighted by molar-refractivity contribution is 7.99. The quantitative estimate of drug-likeness (QED) is 0.730. The number of pyridine rings is 1. The Kier molecular flexibility index (Phi) is 3.41. The van der Waals surface area contributed by atoms with E-state index in [2.05, 4.69) is 18.8 Å². The summed E-state index contributed by atoms with van der Waals surface area (Å²) in [6.45, 7) is 4.39. The first-order valence-corrected chi connectivity index (χ1v) is 4.98. The van der Waals surface area contributed by atoms with Crippen LogP contribution in [0.2, 0.25) is 0 Å². The summed E-state index contributed by atoms with van der Waals surface area (Å²) in [6, 6.07) is 3.91. The first-order chi connectivity index (χ1) is 5.72. The van der Waals surface area contributed by atoms with Crippen LogP contribution in [0, 0.1) is 0 Å². The van der Waals surface area contributed by atoms with E-state index in [1.165, 1.54) is 11.3 Å². The summed E-state index contributed by atoms with van der Waals surface area (Å²) in [7, 11) is 0. The topological polar surface area (TPSA) is 38.9 Å². The van der Waals surface area contributed by atoms with Crippen LogP contribution in [-0.4, -0.2) is 10.2 Å². The smallest absolute Gasteiger partial charge is 0.124 e. The van der Waals surface area contributed by atoms with E-state index in [0.29, 0.717) is 11.1 Å². The van der Waals surface area contributed by atoms with Crippen molar-refractivity contribution in [1.29, 1.82) is 0 Å². The Morgan fingerprint density at radius 1 is 1.67 bits per heavy atom. The molecule has 0 amide bonds. The van der Waals surface area contributed by atoms with Gasteiger partial charge in [0.2, 0.25) is 0 Å². The number of nitrogens with two attached hydrogens (primary N) is 1. The van der Waals surface area contributed by atoms with Crippen molar-refractivity contribution in [2.45, 2.75) is 30.4 Å². The Labute approximate surface area is 77.6 Å². The molecule has 12 heavy (non-hydrogen) atoms. The third kappa shape index (κ3) is 2.74. The van der Waals surface area contributed by atoms with Gasteiger partial charge in [0.15, 0.2) is 0 Å². The van der Waals surface area contributed by atoms with Crippen LogP contribution in [0.4, 0.5) is 5.82 Å². The first-order valence-electron chi connectivity index (χ1n) is 4.10. The Morgan fingerprint density at radius 3 is 3.00 bits per heavy atom. The molecule has 0 fully saturated rings. The van der Waals surface area contributed by atoms with Gasteiger partial charge in [0.25, 0.3) is 0 Å². The molecule has 0 aromatic carbocycles. The average Bonchev–Trinajstić information content (AvgIpc) is 2.04.